The molecule has 0 aromatic heterocycles. The van der Waals surface area contributed by atoms with Crippen LogP contribution in [0.15, 0.2) is 0 Å². The fourth-order valence-corrected chi connectivity index (χ4v) is 1.65. The molecule has 0 aliphatic heterocycles. The Morgan fingerprint density at radius 1 is 1.19 bits per heavy atom. The van der Waals surface area contributed by atoms with Crippen LogP contribution in [-0.2, 0) is 9.53 Å². The molecule has 0 heterocycles. The van der Waals surface area contributed by atoms with Crippen LogP contribution in [0, 0.1) is 5.92 Å². The minimum absolute atomic E-state index is 0.0257. The second kappa shape index (κ2) is 10.9. The lowest BCUT2D eigenvalue weighted by atomic mass is 10.0. The van der Waals surface area contributed by atoms with Crippen LogP contribution in [-0.4, -0.2) is 19.1 Å². The van der Waals surface area contributed by atoms with E-state index in [-0.39, 0.29) is 11.9 Å². The van der Waals surface area contributed by atoms with Gasteiger partial charge in [-0.25, -0.2) is 0 Å². The molecular weight excluding hydrogens is 202 g/mol. The van der Waals surface area contributed by atoms with Crippen molar-refractivity contribution in [2.24, 2.45) is 11.7 Å². The van der Waals surface area contributed by atoms with Crippen LogP contribution in [0.1, 0.15) is 58.8 Å². The summed E-state index contributed by atoms with van der Waals surface area (Å²) in [6.45, 7) is 4.91. The fraction of sp³-hybridized carbons (Fsp3) is 0.923. The molecule has 0 spiro atoms. The first-order valence-electron chi connectivity index (χ1n) is 6.59. The number of nitrogens with two attached hydrogens (primary N) is 1. The third-order valence-electron chi connectivity index (χ3n) is 2.76. The SMILES string of the molecule is CCCCCCCCC(C)C(=O)OCCN. The molecule has 0 rings (SSSR count). The van der Waals surface area contributed by atoms with Crippen molar-refractivity contribution in [1.82, 2.24) is 0 Å². The monoisotopic (exact) mass is 229 g/mol. The Morgan fingerprint density at radius 2 is 1.81 bits per heavy atom. The van der Waals surface area contributed by atoms with Crippen molar-refractivity contribution in [3.63, 3.8) is 0 Å². The zero-order valence-electron chi connectivity index (χ0n) is 10.8. The minimum Gasteiger partial charge on any atom is -0.464 e. The molecular formula is C13H27NO2. The number of unbranched alkanes of at least 4 members (excludes halogenated alkanes) is 5. The number of ether oxygens (including phenoxy) is 1. The van der Waals surface area contributed by atoms with Crippen LogP contribution in [0.4, 0.5) is 0 Å². The average molecular weight is 229 g/mol. The summed E-state index contributed by atoms with van der Waals surface area (Å²) < 4.78 is 4.98. The summed E-state index contributed by atoms with van der Waals surface area (Å²) in [5.74, 6) is -0.0725. The molecule has 0 fully saturated rings. The van der Waals surface area contributed by atoms with Crippen LogP contribution < -0.4 is 5.73 Å². The number of carbonyl (C=O) groups excluding carboxylic acids is 1. The molecule has 1 atom stereocenters. The maximum atomic E-state index is 11.4. The van der Waals surface area contributed by atoms with Crippen molar-refractivity contribution in [1.29, 1.82) is 0 Å². The van der Waals surface area contributed by atoms with Crippen molar-refractivity contribution < 1.29 is 9.53 Å². The van der Waals surface area contributed by atoms with E-state index >= 15 is 0 Å². The van der Waals surface area contributed by atoms with E-state index in [1.54, 1.807) is 0 Å². The number of hydrogen-bond donors (Lipinski definition) is 1. The lowest BCUT2D eigenvalue weighted by Crippen LogP contribution is -2.19. The molecule has 96 valence electrons. The molecule has 1 unspecified atom stereocenters. The summed E-state index contributed by atoms with van der Waals surface area (Å²) in [5.41, 5.74) is 5.27. The van der Waals surface area contributed by atoms with Crippen molar-refractivity contribution in [3.8, 4) is 0 Å². The van der Waals surface area contributed by atoms with E-state index in [1.165, 1.54) is 32.1 Å². The third-order valence-corrected chi connectivity index (χ3v) is 2.76. The van der Waals surface area contributed by atoms with E-state index in [0.29, 0.717) is 13.2 Å². The molecule has 0 amide bonds. The summed E-state index contributed by atoms with van der Waals surface area (Å²) in [6.07, 6.45) is 8.52. The maximum absolute atomic E-state index is 11.4. The predicted molar refractivity (Wildman–Crippen MR) is 67.2 cm³/mol. The van der Waals surface area contributed by atoms with Gasteiger partial charge in [0.05, 0.1) is 5.92 Å². The first-order valence-corrected chi connectivity index (χ1v) is 6.59. The van der Waals surface area contributed by atoms with Gasteiger partial charge in [0.2, 0.25) is 0 Å². The molecule has 0 aromatic rings. The Balaban J connectivity index is 3.35. The highest BCUT2D eigenvalue weighted by Crippen LogP contribution is 2.13. The van der Waals surface area contributed by atoms with Gasteiger partial charge in [-0.1, -0.05) is 52.4 Å². The summed E-state index contributed by atoms with van der Waals surface area (Å²) in [7, 11) is 0. The molecule has 0 aliphatic rings. The van der Waals surface area contributed by atoms with Gasteiger partial charge >= 0.3 is 5.97 Å². The average Bonchev–Trinajstić information content (AvgIpc) is 2.30. The van der Waals surface area contributed by atoms with E-state index in [2.05, 4.69) is 6.92 Å². The molecule has 0 bridgehead atoms. The van der Waals surface area contributed by atoms with Gasteiger partial charge in [0.15, 0.2) is 0 Å². The smallest absolute Gasteiger partial charge is 0.308 e. The molecule has 0 saturated heterocycles. The Bertz CT molecular complexity index is 171. The van der Waals surface area contributed by atoms with E-state index < -0.39 is 0 Å². The van der Waals surface area contributed by atoms with Crippen LogP contribution in [0.5, 0.6) is 0 Å². The molecule has 0 radical (unpaired) electrons. The Hall–Kier alpha value is -0.570. The zero-order chi connectivity index (χ0) is 12.2. The van der Waals surface area contributed by atoms with Gasteiger partial charge in [-0.3, -0.25) is 4.79 Å². The summed E-state index contributed by atoms with van der Waals surface area (Å²) in [5, 5.41) is 0. The molecule has 0 aliphatic carbocycles. The van der Waals surface area contributed by atoms with Gasteiger partial charge in [-0.2, -0.15) is 0 Å². The zero-order valence-corrected chi connectivity index (χ0v) is 10.8. The van der Waals surface area contributed by atoms with E-state index in [1.807, 2.05) is 6.92 Å². The molecule has 3 heteroatoms. The summed E-state index contributed by atoms with van der Waals surface area (Å²) in [4.78, 5) is 11.4. The number of esters is 1. The Morgan fingerprint density at radius 3 is 2.44 bits per heavy atom. The highest BCUT2D eigenvalue weighted by molar-refractivity contribution is 5.71. The van der Waals surface area contributed by atoms with Crippen molar-refractivity contribution in [2.75, 3.05) is 13.2 Å². The molecule has 2 N–H and O–H groups in total. The quantitative estimate of drug-likeness (QED) is 0.463. The van der Waals surface area contributed by atoms with Gasteiger partial charge in [-0.05, 0) is 6.42 Å². The fourth-order valence-electron chi connectivity index (χ4n) is 1.65. The van der Waals surface area contributed by atoms with Crippen LogP contribution in [0.25, 0.3) is 0 Å². The highest BCUT2D eigenvalue weighted by atomic mass is 16.5. The number of rotatable bonds is 10. The third kappa shape index (κ3) is 8.72. The molecule has 16 heavy (non-hydrogen) atoms. The predicted octanol–water partition coefficient (Wildman–Crippen LogP) is 2.88. The highest BCUT2D eigenvalue weighted by Gasteiger charge is 2.13. The first-order chi connectivity index (χ1) is 7.72. The number of hydrogen-bond acceptors (Lipinski definition) is 3. The number of carbonyl (C=O) groups is 1. The van der Waals surface area contributed by atoms with Crippen molar-refractivity contribution in [2.45, 2.75) is 58.8 Å². The molecule has 0 aromatic carbocycles. The summed E-state index contributed by atoms with van der Waals surface area (Å²) >= 11 is 0. The van der Waals surface area contributed by atoms with Gasteiger partial charge in [0, 0.05) is 6.54 Å². The Labute approximate surface area is 99.7 Å². The van der Waals surface area contributed by atoms with Crippen molar-refractivity contribution in [3.05, 3.63) is 0 Å². The second-order valence-corrected chi connectivity index (χ2v) is 4.41. The Kier molecular flexibility index (Phi) is 10.5. The lowest BCUT2D eigenvalue weighted by Gasteiger charge is -2.10. The first kappa shape index (κ1) is 15.4. The minimum atomic E-state index is -0.0981. The topological polar surface area (TPSA) is 52.3 Å². The van der Waals surface area contributed by atoms with Gasteiger partial charge in [-0.15, -0.1) is 0 Å². The van der Waals surface area contributed by atoms with Crippen LogP contribution in [0.3, 0.4) is 0 Å². The van der Waals surface area contributed by atoms with Gasteiger partial charge in [0.1, 0.15) is 6.61 Å². The van der Waals surface area contributed by atoms with Crippen molar-refractivity contribution >= 4 is 5.97 Å². The second-order valence-electron chi connectivity index (χ2n) is 4.41. The maximum Gasteiger partial charge on any atom is 0.308 e. The van der Waals surface area contributed by atoms with E-state index in [9.17, 15) is 4.79 Å². The van der Waals surface area contributed by atoms with Gasteiger partial charge < -0.3 is 10.5 Å². The molecule has 0 saturated carbocycles. The summed E-state index contributed by atoms with van der Waals surface area (Å²) in [6, 6.07) is 0. The molecule has 3 nitrogen and oxygen atoms in total. The largest absolute Gasteiger partial charge is 0.464 e. The van der Waals surface area contributed by atoms with Gasteiger partial charge in [0.25, 0.3) is 0 Å². The normalized spacial score (nSPS) is 12.4. The van der Waals surface area contributed by atoms with E-state index in [4.69, 9.17) is 10.5 Å². The van der Waals surface area contributed by atoms with Crippen LogP contribution >= 0.6 is 0 Å². The van der Waals surface area contributed by atoms with Crippen LogP contribution in [0.2, 0.25) is 0 Å². The lowest BCUT2D eigenvalue weighted by molar-refractivity contribution is -0.147. The standard InChI is InChI=1S/C13H27NO2/c1-3-4-5-6-7-8-9-12(2)13(15)16-11-10-14/h12H,3-11,14H2,1-2H3. The van der Waals surface area contributed by atoms with E-state index in [0.717, 1.165) is 12.8 Å².